The number of aromatic nitrogens is 2. The molecule has 0 radical (unpaired) electrons. The molecular formula is C15H20N4O2. The van der Waals surface area contributed by atoms with Crippen molar-refractivity contribution in [2.45, 2.75) is 18.8 Å². The fourth-order valence-electron chi connectivity index (χ4n) is 2.63. The highest BCUT2D eigenvalue weighted by Gasteiger charge is 2.23. The van der Waals surface area contributed by atoms with E-state index < -0.39 is 0 Å². The van der Waals surface area contributed by atoms with E-state index in [-0.39, 0.29) is 0 Å². The molecule has 0 amide bonds. The van der Waals surface area contributed by atoms with E-state index in [1.807, 2.05) is 12.1 Å². The van der Waals surface area contributed by atoms with Crippen molar-refractivity contribution < 1.29 is 9.26 Å². The number of piperidine rings is 1. The van der Waals surface area contributed by atoms with E-state index in [9.17, 15) is 0 Å². The second-order valence-corrected chi connectivity index (χ2v) is 5.49. The van der Waals surface area contributed by atoms with E-state index in [1.54, 1.807) is 13.2 Å². The number of hydrogen-bond donors (Lipinski definition) is 1. The second kappa shape index (κ2) is 5.73. The third kappa shape index (κ3) is 2.85. The van der Waals surface area contributed by atoms with Crippen molar-refractivity contribution in [1.29, 1.82) is 0 Å². The van der Waals surface area contributed by atoms with Crippen molar-refractivity contribution in [3.05, 3.63) is 24.0 Å². The van der Waals surface area contributed by atoms with Crippen molar-refractivity contribution in [3.8, 4) is 17.2 Å². The minimum absolute atomic E-state index is 0.384. The molecule has 6 nitrogen and oxygen atoms in total. The number of nitrogens with two attached hydrogens (primary N) is 1. The predicted octanol–water partition coefficient (Wildman–Crippen LogP) is 2.14. The molecule has 1 fully saturated rings. The Morgan fingerprint density at radius 2 is 2.10 bits per heavy atom. The minimum Gasteiger partial charge on any atom is -0.495 e. The Balaban J connectivity index is 1.81. The SMILES string of the molecule is COc1cc(-c2nc(C3CCN(C)CC3)no2)ccc1N. The number of hydrogen-bond acceptors (Lipinski definition) is 6. The minimum atomic E-state index is 0.384. The van der Waals surface area contributed by atoms with Crippen LogP contribution in [-0.4, -0.2) is 42.3 Å². The normalized spacial score (nSPS) is 17.0. The first kappa shape index (κ1) is 13.9. The summed E-state index contributed by atoms with van der Waals surface area (Å²) in [5, 5.41) is 4.14. The summed E-state index contributed by atoms with van der Waals surface area (Å²) in [6, 6.07) is 5.47. The van der Waals surface area contributed by atoms with Gasteiger partial charge in [-0.1, -0.05) is 5.16 Å². The number of methoxy groups -OCH3 is 1. The van der Waals surface area contributed by atoms with Gasteiger partial charge in [-0.05, 0) is 51.2 Å². The largest absolute Gasteiger partial charge is 0.495 e. The maximum atomic E-state index is 5.82. The van der Waals surface area contributed by atoms with Gasteiger partial charge < -0.3 is 19.9 Å². The molecule has 1 aromatic carbocycles. The van der Waals surface area contributed by atoms with E-state index in [2.05, 4.69) is 22.1 Å². The van der Waals surface area contributed by atoms with Crippen LogP contribution < -0.4 is 10.5 Å². The highest BCUT2D eigenvalue weighted by molar-refractivity contribution is 5.64. The molecule has 0 atom stereocenters. The summed E-state index contributed by atoms with van der Waals surface area (Å²) < 4.78 is 10.6. The quantitative estimate of drug-likeness (QED) is 0.872. The van der Waals surface area contributed by atoms with Crippen LogP contribution in [0.3, 0.4) is 0 Å². The zero-order valence-electron chi connectivity index (χ0n) is 12.4. The molecule has 2 heterocycles. The summed E-state index contributed by atoms with van der Waals surface area (Å²) in [7, 11) is 3.73. The molecule has 1 saturated heterocycles. The highest BCUT2D eigenvalue weighted by Crippen LogP contribution is 2.30. The van der Waals surface area contributed by atoms with Crippen LogP contribution in [0.2, 0.25) is 0 Å². The van der Waals surface area contributed by atoms with Gasteiger partial charge in [-0.25, -0.2) is 0 Å². The summed E-state index contributed by atoms with van der Waals surface area (Å²) in [5.74, 6) is 2.32. The van der Waals surface area contributed by atoms with Gasteiger partial charge in [-0.3, -0.25) is 0 Å². The van der Waals surface area contributed by atoms with Gasteiger partial charge in [-0.15, -0.1) is 0 Å². The molecule has 1 aliphatic rings. The number of anilines is 1. The summed E-state index contributed by atoms with van der Waals surface area (Å²) in [6.45, 7) is 2.15. The molecule has 0 aliphatic carbocycles. The Kier molecular flexibility index (Phi) is 3.79. The molecule has 112 valence electrons. The average molecular weight is 288 g/mol. The van der Waals surface area contributed by atoms with Crippen molar-refractivity contribution >= 4 is 5.69 Å². The Hall–Kier alpha value is -2.08. The first-order chi connectivity index (χ1) is 10.2. The van der Waals surface area contributed by atoms with Gasteiger partial charge in [0.05, 0.1) is 12.8 Å². The molecule has 0 unspecified atom stereocenters. The van der Waals surface area contributed by atoms with Crippen LogP contribution in [0.4, 0.5) is 5.69 Å². The van der Waals surface area contributed by atoms with E-state index in [1.165, 1.54) is 0 Å². The van der Waals surface area contributed by atoms with Gasteiger partial charge in [0.1, 0.15) is 5.75 Å². The van der Waals surface area contributed by atoms with Crippen molar-refractivity contribution in [3.63, 3.8) is 0 Å². The molecule has 3 rings (SSSR count). The zero-order valence-corrected chi connectivity index (χ0v) is 12.4. The third-order valence-electron chi connectivity index (χ3n) is 4.01. The van der Waals surface area contributed by atoms with E-state index >= 15 is 0 Å². The molecule has 0 saturated carbocycles. The number of benzene rings is 1. The predicted molar refractivity (Wildman–Crippen MR) is 80.2 cm³/mol. The molecule has 21 heavy (non-hydrogen) atoms. The Labute approximate surface area is 123 Å². The Morgan fingerprint density at radius 3 is 2.81 bits per heavy atom. The molecule has 0 spiro atoms. The number of likely N-dealkylation sites (tertiary alicyclic amines) is 1. The molecule has 6 heteroatoms. The Morgan fingerprint density at radius 1 is 1.33 bits per heavy atom. The molecule has 2 aromatic rings. The zero-order chi connectivity index (χ0) is 14.8. The first-order valence-corrected chi connectivity index (χ1v) is 7.13. The smallest absolute Gasteiger partial charge is 0.258 e. The van der Waals surface area contributed by atoms with Gasteiger partial charge in [0.15, 0.2) is 5.82 Å². The molecule has 1 aromatic heterocycles. The third-order valence-corrected chi connectivity index (χ3v) is 4.01. The van der Waals surface area contributed by atoms with Crippen LogP contribution >= 0.6 is 0 Å². The standard InChI is InChI=1S/C15H20N4O2/c1-19-7-5-10(6-8-19)14-17-15(21-18-14)11-3-4-12(16)13(9-11)20-2/h3-4,9-10H,5-8,16H2,1-2H3. The lowest BCUT2D eigenvalue weighted by Gasteiger charge is -2.26. The monoisotopic (exact) mass is 288 g/mol. The van der Waals surface area contributed by atoms with Gasteiger partial charge in [0.25, 0.3) is 5.89 Å². The van der Waals surface area contributed by atoms with Crippen molar-refractivity contribution in [1.82, 2.24) is 15.0 Å². The van der Waals surface area contributed by atoms with Crippen molar-refractivity contribution in [2.75, 3.05) is 33.0 Å². The van der Waals surface area contributed by atoms with E-state index in [0.29, 0.717) is 23.2 Å². The highest BCUT2D eigenvalue weighted by atomic mass is 16.5. The van der Waals surface area contributed by atoms with Crippen LogP contribution in [0.1, 0.15) is 24.6 Å². The van der Waals surface area contributed by atoms with Crippen LogP contribution in [0.5, 0.6) is 5.75 Å². The number of nitrogens with zero attached hydrogens (tertiary/aromatic N) is 3. The summed E-state index contributed by atoms with van der Waals surface area (Å²) >= 11 is 0. The summed E-state index contributed by atoms with van der Waals surface area (Å²) in [6.07, 6.45) is 2.14. The fourth-order valence-corrected chi connectivity index (χ4v) is 2.63. The van der Waals surface area contributed by atoms with Crippen LogP contribution in [0.15, 0.2) is 22.7 Å². The lowest BCUT2D eigenvalue weighted by atomic mass is 9.96. The van der Waals surface area contributed by atoms with Gasteiger partial charge in [0.2, 0.25) is 0 Å². The molecule has 0 bridgehead atoms. The second-order valence-electron chi connectivity index (χ2n) is 5.49. The topological polar surface area (TPSA) is 77.4 Å². The lowest BCUT2D eigenvalue weighted by molar-refractivity contribution is 0.248. The van der Waals surface area contributed by atoms with E-state index in [0.717, 1.165) is 37.3 Å². The summed E-state index contributed by atoms with van der Waals surface area (Å²) in [4.78, 5) is 6.86. The number of nitrogen functional groups attached to an aromatic ring is 1. The van der Waals surface area contributed by atoms with Gasteiger partial charge >= 0.3 is 0 Å². The maximum absolute atomic E-state index is 5.82. The van der Waals surface area contributed by atoms with Gasteiger partial charge in [0, 0.05) is 11.5 Å². The molecule has 1 aliphatic heterocycles. The van der Waals surface area contributed by atoms with Crippen LogP contribution in [0.25, 0.3) is 11.5 Å². The maximum Gasteiger partial charge on any atom is 0.258 e. The first-order valence-electron chi connectivity index (χ1n) is 7.13. The summed E-state index contributed by atoms with van der Waals surface area (Å²) in [5.41, 5.74) is 7.24. The average Bonchev–Trinajstić information content (AvgIpc) is 2.98. The van der Waals surface area contributed by atoms with Crippen LogP contribution in [-0.2, 0) is 0 Å². The van der Waals surface area contributed by atoms with Crippen LogP contribution in [0, 0.1) is 0 Å². The number of ether oxygens (including phenoxy) is 1. The van der Waals surface area contributed by atoms with E-state index in [4.69, 9.17) is 15.0 Å². The fraction of sp³-hybridized carbons (Fsp3) is 0.467. The van der Waals surface area contributed by atoms with Gasteiger partial charge in [-0.2, -0.15) is 4.98 Å². The molecule has 2 N–H and O–H groups in total. The molecular weight excluding hydrogens is 268 g/mol. The Bertz CT molecular complexity index is 618. The number of rotatable bonds is 3. The lowest BCUT2D eigenvalue weighted by Crippen LogP contribution is -2.29. The van der Waals surface area contributed by atoms with Crippen molar-refractivity contribution in [2.24, 2.45) is 0 Å².